The zero-order valence-corrected chi connectivity index (χ0v) is 15.7. The molecule has 0 saturated carbocycles. The third-order valence-corrected chi connectivity index (χ3v) is 5.95. The van der Waals surface area contributed by atoms with Gasteiger partial charge in [-0.3, -0.25) is 19.7 Å². The third kappa shape index (κ3) is 2.75. The largest absolute Gasteiger partial charge is 0.375 e. The summed E-state index contributed by atoms with van der Waals surface area (Å²) in [5.41, 5.74) is -0.611. The van der Waals surface area contributed by atoms with Crippen molar-refractivity contribution in [3.05, 3.63) is 57.8 Å². The minimum absolute atomic E-state index is 0.0352. The Morgan fingerprint density at radius 1 is 1.32 bits per heavy atom. The van der Waals surface area contributed by atoms with Crippen LogP contribution in [0.3, 0.4) is 0 Å². The van der Waals surface area contributed by atoms with Gasteiger partial charge in [0, 0.05) is 25.6 Å². The molecule has 0 aromatic rings. The molecule has 2 amide bonds. The van der Waals surface area contributed by atoms with Gasteiger partial charge in [-0.25, -0.2) is 10.0 Å². The fraction of sp³-hybridized carbons (Fsp3) is 0.500. The Morgan fingerprint density at radius 2 is 2.14 bits per heavy atom. The molecule has 2 aliphatic heterocycles. The number of morpholine rings is 1. The normalized spacial score (nSPS) is 32.5. The highest BCUT2D eigenvalue weighted by molar-refractivity contribution is 6.04. The van der Waals surface area contributed by atoms with Gasteiger partial charge < -0.3 is 4.74 Å². The van der Waals surface area contributed by atoms with E-state index in [0.29, 0.717) is 25.3 Å². The molecule has 0 aromatic carbocycles. The third-order valence-electron chi connectivity index (χ3n) is 5.95. The summed E-state index contributed by atoms with van der Waals surface area (Å²) < 4.78 is 5.74. The predicted octanol–water partition coefficient (Wildman–Crippen LogP) is 1.99. The molecular weight excluding hydrogens is 362 g/mol. The molecular formula is C20H23N3O5. The minimum atomic E-state index is -1.21. The molecule has 0 N–H and O–H groups in total. The Kier molecular flexibility index (Phi) is 4.76. The Morgan fingerprint density at radius 3 is 2.89 bits per heavy atom. The summed E-state index contributed by atoms with van der Waals surface area (Å²) in [5.74, 6) is -1.60. The Hall–Kier alpha value is -2.58. The lowest BCUT2D eigenvalue weighted by atomic mass is 9.61. The van der Waals surface area contributed by atoms with Crippen molar-refractivity contribution in [2.24, 2.45) is 11.3 Å². The van der Waals surface area contributed by atoms with Crippen molar-refractivity contribution < 1.29 is 19.2 Å². The van der Waals surface area contributed by atoms with E-state index in [0.717, 1.165) is 12.8 Å². The van der Waals surface area contributed by atoms with Gasteiger partial charge in [0.1, 0.15) is 5.41 Å². The molecule has 2 fully saturated rings. The second-order valence-corrected chi connectivity index (χ2v) is 7.52. The van der Waals surface area contributed by atoms with Crippen molar-refractivity contribution in [1.29, 1.82) is 0 Å². The number of allylic oxidation sites excluding steroid dienone is 6. The van der Waals surface area contributed by atoms with Gasteiger partial charge in [0.2, 0.25) is 5.91 Å². The van der Waals surface area contributed by atoms with E-state index in [1.54, 1.807) is 35.4 Å². The highest BCUT2D eigenvalue weighted by Crippen LogP contribution is 2.52. The monoisotopic (exact) mass is 385 g/mol. The van der Waals surface area contributed by atoms with Gasteiger partial charge in [0.15, 0.2) is 0 Å². The molecule has 3 unspecified atom stereocenters. The maximum absolute atomic E-state index is 13.7. The lowest BCUT2D eigenvalue weighted by molar-refractivity contribution is -0.436. The molecule has 148 valence electrons. The van der Waals surface area contributed by atoms with Crippen molar-refractivity contribution >= 4 is 11.8 Å². The van der Waals surface area contributed by atoms with Crippen molar-refractivity contribution in [1.82, 2.24) is 10.0 Å². The first kappa shape index (κ1) is 18.8. The predicted molar refractivity (Wildman–Crippen MR) is 100 cm³/mol. The number of hydrazine groups is 1. The van der Waals surface area contributed by atoms with E-state index in [9.17, 15) is 19.7 Å². The molecule has 4 aliphatic rings. The van der Waals surface area contributed by atoms with Gasteiger partial charge in [0.25, 0.3) is 11.6 Å². The molecule has 28 heavy (non-hydrogen) atoms. The van der Waals surface area contributed by atoms with Gasteiger partial charge in [-0.1, -0.05) is 43.7 Å². The molecule has 0 aromatic heterocycles. The average molecular weight is 385 g/mol. The number of ether oxygens (including phenoxy) is 1. The zero-order chi connectivity index (χ0) is 19.9. The number of carbonyl (C=O) groups excluding carboxylic acids is 2. The van der Waals surface area contributed by atoms with E-state index >= 15 is 0 Å². The summed E-state index contributed by atoms with van der Waals surface area (Å²) in [6.07, 6.45) is 11.8. The molecule has 3 atom stereocenters. The number of hydrogen-bond acceptors (Lipinski definition) is 6. The molecule has 0 radical (unpaired) electrons. The van der Waals surface area contributed by atoms with E-state index in [1.807, 2.05) is 0 Å². The highest BCUT2D eigenvalue weighted by Gasteiger charge is 2.60. The SMILES string of the molecule is CCCC1CN(N2C(=O)CC3C([N+](=O)[O-])=CC=C4C=CC=CC43C2=O)CCO1. The Bertz CT molecular complexity index is 841. The number of imide groups is 1. The van der Waals surface area contributed by atoms with Crippen LogP contribution >= 0.6 is 0 Å². The number of rotatable bonds is 4. The quantitative estimate of drug-likeness (QED) is 0.417. The number of amides is 2. The lowest BCUT2D eigenvalue weighted by Crippen LogP contribution is -2.65. The average Bonchev–Trinajstić information content (AvgIpc) is 2.68. The standard InChI is InChI=1S/C20H23N3O5/c1-2-5-15-13-21(10-11-28-15)22-18(24)12-16-17(23(26)27)8-7-14-6-3-4-9-20(14,16)19(22)25/h3-4,6-9,15-16H,2,5,10-13H2,1H3. The van der Waals surface area contributed by atoms with Crippen LogP contribution in [0.4, 0.5) is 0 Å². The van der Waals surface area contributed by atoms with E-state index in [-0.39, 0.29) is 18.2 Å². The molecule has 2 aliphatic carbocycles. The molecule has 0 bridgehead atoms. The molecule has 2 saturated heterocycles. The van der Waals surface area contributed by atoms with Crippen LogP contribution < -0.4 is 0 Å². The van der Waals surface area contributed by atoms with E-state index in [4.69, 9.17) is 4.74 Å². The fourth-order valence-electron chi connectivity index (χ4n) is 4.65. The molecule has 4 rings (SSSR count). The van der Waals surface area contributed by atoms with Crippen LogP contribution in [0.15, 0.2) is 47.7 Å². The number of piperidine rings is 1. The first-order valence-corrected chi connectivity index (χ1v) is 9.65. The first-order chi connectivity index (χ1) is 13.5. The van der Waals surface area contributed by atoms with Crippen LogP contribution in [0.2, 0.25) is 0 Å². The fourth-order valence-corrected chi connectivity index (χ4v) is 4.65. The number of hydrogen-bond donors (Lipinski definition) is 0. The Balaban J connectivity index is 1.72. The summed E-state index contributed by atoms with van der Waals surface area (Å²) in [4.78, 5) is 37.8. The van der Waals surface area contributed by atoms with Crippen molar-refractivity contribution in [3.63, 3.8) is 0 Å². The van der Waals surface area contributed by atoms with Gasteiger partial charge in [-0.2, -0.15) is 0 Å². The maximum Gasteiger partial charge on any atom is 0.259 e. The van der Waals surface area contributed by atoms with Gasteiger partial charge >= 0.3 is 0 Å². The van der Waals surface area contributed by atoms with Gasteiger partial charge in [-0.05, 0) is 12.0 Å². The molecule has 8 nitrogen and oxygen atoms in total. The first-order valence-electron chi connectivity index (χ1n) is 9.65. The number of nitro groups is 1. The second kappa shape index (κ2) is 7.10. The summed E-state index contributed by atoms with van der Waals surface area (Å²) in [6, 6.07) is 0. The van der Waals surface area contributed by atoms with Gasteiger partial charge in [0.05, 0.1) is 23.6 Å². The summed E-state index contributed by atoms with van der Waals surface area (Å²) >= 11 is 0. The van der Waals surface area contributed by atoms with E-state index < -0.39 is 28.1 Å². The smallest absolute Gasteiger partial charge is 0.259 e. The van der Waals surface area contributed by atoms with Crippen molar-refractivity contribution in [2.75, 3.05) is 19.7 Å². The maximum atomic E-state index is 13.7. The van der Waals surface area contributed by atoms with Crippen LogP contribution in [0, 0.1) is 21.4 Å². The van der Waals surface area contributed by atoms with Crippen molar-refractivity contribution in [2.45, 2.75) is 32.3 Å². The molecule has 2 heterocycles. The number of nitrogens with zero attached hydrogens (tertiary/aromatic N) is 3. The van der Waals surface area contributed by atoms with E-state index in [2.05, 4.69) is 6.92 Å². The zero-order valence-electron chi connectivity index (χ0n) is 15.7. The highest BCUT2D eigenvalue weighted by atomic mass is 16.6. The van der Waals surface area contributed by atoms with Crippen molar-refractivity contribution in [3.8, 4) is 0 Å². The summed E-state index contributed by atoms with van der Waals surface area (Å²) in [7, 11) is 0. The lowest BCUT2D eigenvalue weighted by Gasteiger charge is -2.49. The topological polar surface area (TPSA) is 93.0 Å². The van der Waals surface area contributed by atoms with Crippen LogP contribution in [0.25, 0.3) is 0 Å². The summed E-state index contributed by atoms with van der Waals surface area (Å²) in [6.45, 7) is 3.40. The minimum Gasteiger partial charge on any atom is -0.375 e. The Labute approximate surface area is 162 Å². The second-order valence-electron chi connectivity index (χ2n) is 7.52. The van der Waals surface area contributed by atoms with Crippen LogP contribution in [-0.4, -0.2) is 52.6 Å². The summed E-state index contributed by atoms with van der Waals surface area (Å²) in [5, 5.41) is 14.6. The van der Waals surface area contributed by atoms with E-state index in [1.165, 1.54) is 11.1 Å². The van der Waals surface area contributed by atoms with Crippen LogP contribution in [-0.2, 0) is 14.3 Å². The van der Waals surface area contributed by atoms with Crippen LogP contribution in [0.1, 0.15) is 26.2 Å². The molecule has 1 spiro atoms. The molecule has 8 heteroatoms. The van der Waals surface area contributed by atoms with Crippen LogP contribution in [0.5, 0.6) is 0 Å². The number of carbonyl (C=O) groups is 2. The van der Waals surface area contributed by atoms with Gasteiger partial charge in [-0.15, -0.1) is 0 Å².